The van der Waals surface area contributed by atoms with Crippen LogP contribution < -0.4 is 22.1 Å². The van der Waals surface area contributed by atoms with Crippen LogP contribution in [-0.4, -0.2) is 32.9 Å². The predicted molar refractivity (Wildman–Crippen MR) is 128 cm³/mol. The third kappa shape index (κ3) is 4.88. The van der Waals surface area contributed by atoms with Crippen molar-refractivity contribution in [1.82, 2.24) is 15.0 Å². The van der Waals surface area contributed by atoms with E-state index >= 15 is 0 Å². The highest BCUT2D eigenvalue weighted by atomic mass is 19.1. The Morgan fingerprint density at radius 3 is 2.39 bits per heavy atom. The number of pyridine rings is 1. The number of aromatic nitrogens is 3. The van der Waals surface area contributed by atoms with Gasteiger partial charge in [0.05, 0.1) is 28.0 Å². The molecule has 174 valence electrons. The van der Waals surface area contributed by atoms with Gasteiger partial charge in [-0.25, -0.2) is 19.3 Å². The zero-order chi connectivity index (χ0) is 23.5. The van der Waals surface area contributed by atoms with Crippen molar-refractivity contribution in [3.8, 4) is 0 Å². The van der Waals surface area contributed by atoms with Crippen molar-refractivity contribution < 1.29 is 9.18 Å². The minimum Gasteiger partial charge on any atom is -0.365 e. The Labute approximate surface area is 192 Å². The maximum atomic E-state index is 14.8. The molecule has 3 aromatic rings. The molecular weight excluding hydrogens is 421 g/mol. The van der Waals surface area contributed by atoms with Gasteiger partial charge in [0.15, 0.2) is 11.6 Å². The molecule has 2 aromatic heterocycles. The fourth-order valence-electron chi connectivity index (χ4n) is 4.30. The number of anilines is 3. The number of nitrogens with zero attached hydrogens (tertiary/aromatic N) is 3. The van der Waals surface area contributed by atoms with Crippen molar-refractivity contribution in [3.05, 3.63) is 47.0 Å². The molecule has 1 aliphatic rings. The lowest BCUT2D eigenvalue weighted by molar-refractivity contribution is 0.100. The topological polar surface area (TPSA) is 132 Å². The Morgan fingerprint density at radius 1 is 1.03 bits per heavy atom. The number of carbonyl (C=O) groups is 1. The van der Waals surface area contributed by atoms with E-state index in [1.807, 2.05) is 25.1 Å². The van der Waals surface area contributed by atoms with Gasteiger partial charge in [0.1, 0.15) is 5.82 Å². The first-order valence-electron chi connectivity index (χ1n) is 11.5. The molecule has 2 heterocycles. The molecule has 8 nitrogen and oxygen atoms in total. The normalized spacial score (nSPS) is 18.3. The van der Waals surface area contributed by atoms with Gasteiger partial charge >= 0.3 is 0 Å². The third-order valence-electron chi connectivity index (χ3n) is 6.13. The number of rotatable bonds is 7. The van der Waals surface area contributed by atoms with Crippen LogP contribution in [0.4, 0.5) is 21.7 Å². The van der Waals surface area contributed by atoms with Crippen LogP contribution in [0.3, 0.4) is 0 Å². The quantitative estimate of drug-likeness (QED) is 0.429. The Morgan fingerprint density at radius 2 is 1.73 bits per heavy atom. The van der Waals surface area contributed by atoms with Crippen molar-refractivity contribution in [3.63, 3.8) is 0 Å². The minimum absolute atomic E-state index is 0.0345. The molecule has 1 aromatic carbocycles. The van der Waals surface area contributed by atoms with Gasteiger partial charge < -0.3 is 22.1 Å². The molecule has 0 radical (unpaired) electrons. The zero-order valence-corrected chi connectivity index (χ0v) is 19.0. The summed E-state index contributed by atoms with van der Waals surface area (Å²) in [6.07, 6.45) is 5.40. The number of hydrogen-bond acceptors (Lipinski definition) is 7. The van der Waals surface area contributed by atoms with Gasteiger partial charge in [-0.2, -0.15) is 0 Å². The van der Waals surface area contributed by atoms with E-state index in [0.29, 0.717) is 5.69 Å². The summed E-state index contributed by atoms with van der Waals surface area (Å²) in [6, 6.07) is 6.47. The molecule has 0 spiro atoms. The highest BCUT2D eigenvalue weighted by Gasteiger charge is 2.24. The number of halogens is 1. The second kappa shape index (κ2) is 9.66. The Bertz CT molecular complexity index is 1180. The number of benzene rings is 1. The SMILES string of the molecule is CCc1nc2ccc(Nc3nc(NC4CCCC[C@@H]4N)c(F)cc3C(N)=O)cc2nc1CC. The number of carbonyl (C=O) groups excluding carboxylic acids is 1. The van der Waals surface area contributed by atoms with E-state index in [1.165, 1.54) is 0 Å². The molecule has 1 unspecified atom stereocenters. The average molecular weight is 452 g/mol. The second-order valence-corrected chi connectivity index (χ2v) is 8.43. The second-order valence-electron chi connectivity index (χ2n) is 8.43. The lowest BCUT2D eigenvalue weighted by Gasteiger charge is -2.30. The van der Waals surface area contributed by atoms with Crippen LogP contribution in [0.5, 0.6) is 0 Å². The molecule has 4 rings (SSSR count). The molecule has 1 amide bonds. The van der Waals surface area contributed by atoms with E-state index < -0.39 is 11.7 Å². The molecular formula is C24H30FN7O. The molecule has 1 saturated carbocycles. The molecule has 33 heavy (non-hydrogen) atoms. The van der Waals surface area contributed by atoms with Gasteiger partial charge in [-0.15, -0.1) is 0 Å². The first-order valence-corrected chi connectivity index (χ1v) is 11.5. The average Bonchev–Trinajstić information content (AvgIpc) is 2.81. The van der Waals surface area contributed by atoms with Crippen molar-refractivity contribution in [2.24, 2.45) is 11.5 Å². The predicted octanol–water partition coefficient (Wildman–Crippen LogP) is 3.81. The lowest BCUT2D eigenvalue weighted by Crippen LogP contribution is -2.43. The Balaban J connectivity index is 1.68. The van der Waals surface area contributed by atoms with Crippen LogP contribution in [-0.2, 0) is 12.8 Å². The van der Waals surface area contributed by atoms with Gasteiger partial charge in [0, 0.05) is 17.8 Å². The Hall–Kier alpha value is -3.33. The molecule has 0 bridgehead atoms. The molecule has 1 fully saturated rings. The van der Waals surface area contributed by atoms with E-state index in [2.05, 4.69) is 22.5 Å². The number of amides is 1. The van der Waals surface area contributed by atoms with E-state index in [-0.39, 0.29) is 29.3 Å². The summed E-state index contributed by atoms with van der Waals surface area (Å²) in [5.74, 6) is -1.20. The van der Waals surface area contributed by atoms with Crippen LogP contribution in [0.2, 0.25) is 0 Å². The number of nitrogens with two attached hydrogens (primary N) is 2. The summed E-state index contributed by atoms with van der Waals surface area (Å²) in [5, 5.41) is 6.23. The summed E-state index contributed by atoms with van der Waals surface area (Å²) < 4.78 is 14.8. The number of fused-ring (bicyclic) bond motifs is 1. The standard InChI is InChI=1S/C24H30FN7O/c1-3-17-18(4-2)30-21-11-13(9-10-20(21)29-17)28-23-14(22(27)33)12-15(25)24(32-23)31-19-8-6-5-7-16(19)26/h9-12,16,19H,3-8,26H2,1-2H3,(H2,27,33)(H2,28,31,32)/t16-,19?/m0/s1. The maximum absolute atomic E-state index is 14.8. The molecule has 0 aliphatic heterocycles. The molecule has 0 saturated heterocycles. The lowest BCUT2D eigenvalue weighted by atomic mass is 9.91. The van der Waals surface area contributed by atoms with Crippen LogP contribution in [0.1, 0.15) is 61.3 Å². The Kier molecular flexibility index (Phi) is 6.69. The zero-order valence-electron chi connectivity index (χ0n) is 19.0. The highest BCUT2D eigenvalue weighted by Crippen LogP contribution is 2.28. The van der Waals surface area contributed by atoms with E-state index in [1.54, 1.807) is 0 Å². The minimum atomic E-state index is -0.772. The van der Waals surface area contributed by atoms with E-state index in [0.717, 1.165) is 67.0 Å². The maximum Gasteiger partial charge on any atom is 0.252 e. The highest BCUT2D eigenvalue weighted by molar-refractivity contribution is 5.98. The first kappa shape index (κ1) is 22.8. The van der Waals surface area contributed by atoms with E-state index in [4.69, 9.17) is 21.4 Å². The van der Waals surface area contributed by atoms with Crippen LogP contribution in [0, 0.1) is 5.82 Å². The van der Waals surface area contributed by atoms with Gasteiger partial charge in [0.2, 0.25) is 0 Å². The van der Waals surface area contributed by atoms with Crippen molar-refractivity contribution >= 4 is 34.3 Å². The largest absolute Gasteiger partial charge is 0.365 e. The van der Waals surface area contributed by atoms with Crippen molar-refractivity contribution in [1.29, 1.82) is 0 Å². The van der Waals surface area contributed by atoms with E-state index in [9.17, 15) is 9.18 Å². The van der Waals surface area contributed by atoms with Gasteiger partial charge in [-0.3, -0.25) is 4.79 Å². The number of primary amides is 1. The summed E-state index contributed by atoms with van der Waals surface area (Å²) in [7, 11) is 0. The number of hydrogen-bond donors (Lipinski definition) is 4. The van der Waals surface area contributed by atoms with Gasteiger partial charge in [-0.05, 0) is 49.9 Å². The third-order valence-corrected chi connectivity index (χ3v) is 6.13. The molecule has 1 aliphatic carbocycles. The van der Waals surface area contributed by atoms with Crippen molar-refractivity contribution in [2.75, 3.05) is 10.6 Å². The van der Waals surface area contributed by atoms with Crippen LogP contribution >= 0.6 is 0 Å². The number of aryl methyl sites for hydroxylation is 2. The monoisotopic (exact) mass is 451 g/mol. The molecule has 2 atom stereocenters. The summed E-state index contributed by atoms with van der Waals surface area (Å²) in [6.45, 7) is 4.10. The first-order chi connectivity index (χ1) is 15.9. The number of nitrogens with one attached hydrogen (secondary N) is 2. The van der Waals surface area contributed by atoms with Gasteiger partial charge in [0.25, 0.3) is 5.91 Å². The summed E-state index contributed by atoms with van der Waals surface area (Å²) >= 11 is 0. The summed E-state index contributed by atoms with van der Waals surface area (Å²) in [5.41, 5.74) is 15.8. The smallest absolute Gasteiger partial charge is 0.252 e. The fraction of sp³-hybridized carbons (Fsp3) is 0.417. The van der Waals surface area contributed by atoms with Crippen molar-refractivity contribution in [2.45, 2.75) is 64.5 Å². The molecule has 6 N–H and O–H groups in total. The van der Waals surface area contributed by atoms with Crippen LogP contribution in [0.25, 0.3) is 11.0 Å². The fourth-order valence-corrected chi connectivity index (χ4v) is 4.30. The summed E-state index contributed by atoms with van der Waals surface area (Å²) in [4.78, 5) is 25.8. The molecule has 9 heteroatoms. The van der Waals surface area contributed by atoms with Gasteiger partial charge in [-0.1, -0.05) is 26.7 Å². The van der Waals surface area contributed by atoms with Crippen LogP contribution in [0.15, 0.2) is 24.3 Å².